The predicted molar refractivity (Wildman–Crippen MR) is 124 cm³/mol. The second-order valence-electron chi connectivity index (χ2n) is 8.93. The van der Waals surface area contributed by atoms with E-state index in [-0.39, 0.29) is 30.7 Å². The number of aliphatic hydroxyl groups is 2. The quantitative estimate of drug-likeness (QED) is 0.409. The SMILES string of the molecule is CC(C)OC(=O)CCC[C@H]1CC[C@@H]2[C@@H](/C=C/[C@@H](O)COc3ccccc3)[C@H](O)C[C@@H]2S1. The molecule has 0 aromatic heterocycles. The molecule has 0 spiro atoms. The summed E-state index contributed by atoms with van der Waals surface area (Å²) in [7, 11) is 0. The minimum atomic E-state index is -0.693. The second kappa shape index (κ2) is 11.9. The largest absolute Gasteiger partial charge is 0.491 e. The Kier molecular flexibility index (Phi) is 9.30. The molecule has 1 aromatic rings. The van der Waals surface area contributed by atoms with E-state index in [1.165, 1.54) is 0 Å². The van der Waals surface area contributed by atoms with Crippen LogP contribution in [0.2, 0.25) is 0 Å². The maximum Gasteiger partial charge on any atom is 0.306 e. The lowest BCUT2D eigenvalue weighted by Gasteiger charge is -2.33. The molecule has 6 heteroatoms. The zero-order valence-corrected chi connectivity index (χ0v) is 19.4. The van der Waals surface area contributed by atoms with Crippen LogP contribution in [0.5, 0.6) is 5.75 Å². The molecule has 6 atom stereocenters. The summed E-state index contributed by atoms with van der Waals surface area (Å²) in [6, 6.07) is 9.46. The van der Waals surface area contributed by atoms with E-state index in [9.17, 15) is 15.0 Å². The van der Waals surface area contributed by atoms with Crippen molar-refractivity contribution < 1.29 is 24.5 Å². The summed E-state index contributed by atoms with van der Waals surface area (Å²) >= 11 is 1.98. The number of carbonyl (C=O) groups excluding carboxylic acids is 1. The van der Waals surface area contributed by atoms with E-state index < -0.39 is 6.10 Å². The van der Waals surface area contributed by atoms with Crippen molar-refractivity contribution in [3.63, 3.8) is 0 Å². The van der Waals surface area contributed by atoms with Crippen LogP contribution in [0.4, 0.5) is 0 Å². The molecule has 1 aliphatic heterocycles. The van der Waals surface area contributed by atoms with Gasteiger partial charge in [-0.15, -0.1) is 0 Å². The van der Waals surface area contributed by atoms with Crippen LogP contribution in [0, 0.1) is 11.8 Å². The highest BCUT2D eigenvalue weighted by molar-refractivity contribution is 8.00. The Morgan fingerprint density at radius 3 is 2.77 bits per heavy atom. The fourth-order valence-electron chi connectivity index (χ4n) is 4.62. The van der Waals surface area contributed by atoms with Crippen LogP contribution in [0.3, 0.4) is 0 Å². The third kappa shape index (κ3) is 7.55. The zero-order valence-electron chi connectivity index (χ0n) is 18.6. The molecule has 2 N–H and O–H groups in total. The topological polar surface area (TPSA) is 76.0 Å². The van der Waals surface area contributed by atoms with E-state index in [0.29, 0.717) is 22.8 Å². The van der Waals surface area contributed by atoms with Gasteiger partial charge in [-0.3, -0.25) is 4.79 Å². The van der Waals surface area contributed by atoms with Gasteiger partial charge in [0.2, 0.25) is 0 Å². The molecule has 0 radical (unpaired) electrons. The first-order valence-corrected chi connectivity index (χ1v) is 12.4. The van der Waals surface area contributed by atoms with Gasteiger partial charge in [-0.1, -0.05) is 30.4 Å². The van der Waals surface area contributed by atoms with E-state index in [1.807, 2.05) is 62.0 Å². The van der Waals surface area contributed by atoms with Crippen LogP contribution in [-0.4, -0.2) is 51.6 Å². The summed E-state index contributed by atoms with van der Waals surface area (Å²) in [5.41, 5.74) is 0. The molecule has 5 nitrogen and oxygen atoms in total. The number of carbonyl (C=O) groups is 1. The molecule has 0 amide bonds. The molecule has 31 heavy (non-hydrogen) atoms. The number of esters is 1. The van der Waals surface area contributed by atoms with Gasteiger partial charge in [0.25, 0.3) is 0 Å². The molecule has 3 rings (SSSR count). The van der Waals surface area contributed by atoms with Crippen molar-refractivity contribution in [2.24, 2.45) is 11.8 Å². The van der Waals surface area contributed by atoms with Crippen molar-refractivity contribution in [1.82, 2.24) is 0 Å². The number of thioether (sulfide) groups is 1. The number of ether oxygens (including phenoxy) is 2. The summed E-state index contributed by atoms with van der Waals surface area (Å²) in [6.45, 7) is 3.95. The van der Waals surface area contributed by atoms with Crippen LogP contribution in [0.15, 0.2) is 42.5 Å². The molecule has 0 bridgehead atoms. The fourth-order valence-corrected chi connectivity index (χ4v) is 6.52. The smallest absolute Gasteiger partial charge is 0.306 e. The normalized spacial score (nSPS) is 29.1. The Bertz CT molecular complexity index is 707. The van der Waals surface area contributed by atoms with Crippen LogP contribution in [-0.2, 0) is 9.53 Å². The van der Waals surface area contributed by atoms with Crippen molar-refractivity contribution >= 4 is 17.7 Å². The molecule has 1 saturated heterocycles. The highest BCUT2D eigenvalue weighted by atomic mass is 32.2. The van der Waals surface area contributed by atoms with Crippen molar-refractivity contribution in [2.45, 2.75) is 81.2 Å². The number of para-hydroxylation sites is 1. The summed E-state index contributed by atoms with van der Waals surface area (Å²) in [5, 5.41) is 21.9. The molecular weight excluding hydrogens is 412 g/mol. The van der Waals surface area contributed by atoms with Gasteiger partial charge < -0.3 is 19.7 Å². The Hall–Kier alpha value is -1.50. The Morgan fingerprint density at radius 2 is 2.03 bits per heavy atom. The van der Waals surface area contributed by atoms with Gasteiger partial charge in [0.05, 0.1) is 12.2 Å². The van der Waals surface area contributed by atoms with Crippen LogP contribution in [0.1, 0.15) is 52.4 Å². The lowest BCUT2D eigenvalue weighted by Crippen LogP contribution is -2.27. The summed E-state index contributed by atoms with van der Waals surface area (Å²) < 4.78 is 10.8. The third-order valence-electron chi connectivity index (χ3n) is 6.07. The average Bonchev–Trinajstić information content (AvgIpc) is 3.05. The standard InChI is InChI=1S/C25H36O5S/c1-17(2)30-25(28)10-6-9-20-12-14-22-21(23(27)15-24(22)31-20)13-11-18(26)16-29-19-7-4-3-5-8-19/h3-5,7-8,11,13,17-18,20-24,26-27H,6,9-10,12,14-16H2,1-2H3/b13-11+/t18-,20+,21-,22-,23-,24+/m1/s1. The van der Waals surface area contributed by atoms with Gasteiger partial charge in [-0.2, -0.15) is 11.8 Å². The highest BCUT2D eigenvalue weighted by Gasteiger charge is 2.44. The summed E-state index contributed by atoms with van der Waals surface area (Å²) in [4.78, 5) is 11.7. The van der Waals surface area contributed by atoms with Crippen molar-refractivity contribution in [1.29, 1.82) is 0 Å². The molecule has 1 aromatic carbocycles. The molecule has 2 aliphatic rings. The number of aliphatic hydroxyl groups excluding tert-OH is 2. The lowest BCUT2D eigenvalue weighted by molar-refractivity contribution is -0.147. The number of hydrogen-bond acceptors (Lipinski definition) is 6. The number of hydrogen-bond donors (Lipinski definition) is 2. The van der Waals surface area contributed by atoms with E-state index in [1.54, 1.807) is 6.08 Å². The minimum Gasteiger partial charge on any atom is -0.491 e. The first-order chi connectivity index (χ1) is 14.9. The fraction of sp³-hybridized carbons (Fsp3) is 0.640. The average molecular weight is 449 g/mol. The van der Waals surface area contributed by atoms with E-state index in [0.717, 1.165) is 37.9 Å². The van der Waals surface area contributed by atoms with Gasteiger partial charge >= 0.3 is 5.97 Å². The second-order valence-corrected chi connectivity index (χ2v) is 10.5. The van der Waals surface area contributed by atoms with E-state index in [2.05, 4.69) is 0 Å². The molecule has 0 unspecified atom stereocenters. The zero-order chi connectivity index (χ0) is 22.2. The first-order valence-electron chi connectivity index (χ1n) is 11.5. The van der Waals surface area contributed by atoms with Crippen LogP contribution < -0.4 is 4.74 Å². The van der Waals surface area contributed by atoms with Crippen LogP contribution >= 0.6 is 11.8 Å². The van der Waals surface area contributed by atoms with Crippen molar-refractivity contribution in [3.8, 4) is 5.75 Å². The highest BCUT2D eigenvalue weighted by Crippen LogP contribution is 2.49. The van der Waals surface area contributed by atoms with E-state index >= 15 is 0 Å². The minimum absolute atomic E-state index is 0.0503. The monoisotopic (exact) mass is 448 g/mol. The molecule has 2 fully saturated rings. The molecule has 172 valence electrons. The van der Waals surface area contributed by atoms with Crippen molar-refractivity contribution in [3.05, 3.63) is 42.5 Å². The van der Waals surface area contributed by atoms with Gasteiger partial charge in [0.1, 0.15) is 18.5 Å². The summed E-state index contributed by atoms with van der Waals surface area (Å²) in [6.07, 6.45) is 8.03. The number of rotatable bonds is 10. The number of fused-ring (bicyclic) bond motifs is 1. The Morgan fingerprint density at radius 1 is 1.26 bits per heavy atom. The molecule has 1 heterocycles. The molecule has 1 saturated carbocycles. The Labute approximate surface area is 190 Å². The molecule has 1 aliphatic carbocycles. The number of benzene rings is 1. The van der Waals surface area contributed by atoms with Gasteiger partial charge in [0.15, 0.2) is 0 Å². The maximum atomic E-state index is 11.7. The lowest BCUT2D eigenvalue weighted by atomic mass is 9.88. The Balaban J connectivity index is 1.41. The van der Waals surface area contributed by atoms with Gasteiger partial charge in [0, 0.05) is 22.8 Å². The maximum absolute atomic E-state index is 11.7. The van der Waals surface area contributed by atoms with Gasteiger partial charge in [-0.25, -0.2) is 0 Å². The van der Waals surface area contributed by atoms with Crippen LogP contribution in [0.25, 0.3) is 0 Å². The predicted octanol–water partition coefficient (Wildman–Crippen LogP) is 4.37. The first kappa shape index (κ1) is 24.1. The van der Waals surface area contributed by atoms with Gasteiger partial charge in [-0.05, 0) is 64.0 Å². The van der Waals surface area contributed by atoms with E-state index in [4.69, 9.17) is 9.47 Å². The molecular formula is C25H36O5S. The van der Waals surface area contributed by atoms with Crippen molar-refractivity contribution in [2.75, 3.05) is 6.61 Å². The summed E-state index contributed by atoms with van der Waals surface area (Å²) in [5.74, 6) is 1.17. The third-order valence-corrected chi connectivity index (χ3v) is 7.82.